The molecule has 9 N–H and O–H groups in total. The van der Waals surface area contributed by atoms with Gasteiger partial charge in [-0.3, -0.25) is 10.1 Å². The Labute approximate surface area is 138 Å². The molecule has 0 unspecified atom stereocenters. The molecule has 0 saturated heterocycles. The Bertz CT molecular complexity index is 641. The van der Waals surface area contributed by atoms with Crippen LogP contribution >= 0.6 is 23.4 Å². The van der Waals surface area contributed by atoms with Gasteiger partial charge < -0.3 is 32.4 Å². The van der Waals surface area contributed by atoms with Gasteiger partial charge in [-0.2, -0.15) is 0 Å². The van der Waals surface area contributed by atoms with E-state index in [0.717, 1.165) is 0 Å². The lowest BCUT2D eigenvalue weighted by Gasteiger charge is -2.29. The first-order valence-corrected chi connectivity index (χ1v) is 7.13. The summed E-state index contributed by atoms with van der Waals surface area (Å²) in [7, 11) is 0. The number of hydrogen-bond donors (Lipinski definition) is 5. The number of anilines is 2. The number of nitrogens with two attached hydrogens (primary N) is 4. The van der Waals surface area contributed by atoms with Crippen molar-refractivity contribution in [1.82, 2.24) is 15.3 Å². The highest BCUT2D eigenvalue weighted by Gasteiger charge is 2.40. The molecule has 0 aromatic carbocycles. The summed E-state index contributed by atoms with van der Waals surface area (Å²) in [5.41, 5.74) is 20.2. The molecule has 0 atom stereocenters. The first-order chi connectivity index (χ1) is 10.6. The van der Waals surface area contributed by atoms with Crippen LogP contribution in [0.15, 0.2) is 0 Å². The lowest BCUT2D eigenvalue weighted by Crippen LogP contribution is -2.54. The van der Waals surface area contributed by atoms with Crippen molar-refractivity contribution in [2.24, 2.45) is 11.5 Å². The first-order valence-electron chi connectivity index (χ1n) is 5.53. The Hall–Kier alpha value is -2.67. The number of thioether (sulfide) groups is 1. The maximum absolute atomic E-state index is 12.2. The Balaban J connectivity index is 3.17. The zero-order chi connectivity index (χ0) is 17.8. The predicted molar refractivity (Wildman–Crippen MR) is 80.9 cm³/mol. The molecule has 1 aromatic heterocycles. The van der Waals surface area contributed by atoms with Gasteiger partial charge in [-0.1, -0.05) is 11.6 Å². The maximum atomic E-state index is 12.2. The highest BCUT2D eigenvalue weighted by molar-refractivity contribution is 7.99. The average Bonchev–Trinajstić information content (AvgIpc) is 2.41. The van der Waals surface area contributed by atoms with E-state index in [0.29, 0.717) is 11.8 Å². The number of aromatic nitrogens is 2. The Morgan fingerprint density at radius 1 is 1.13 bits per heavy atom. The highest BCUT2D eigenvalue weighted by Crippen LogP contribution is 2.25. The van der Waals surface area contributed by atoms with Crippen LogP contribution in [0, 0.1) is 0 Å². The number of primary amides is 2. The number of amides is 3. The van der Waals surface area contributed by atoms with Crippen molar-refractivity contribution in [2.45, 2.75) is 5.24 Å². The molecule has 126 valence electrons. The van der Waals surface area contributed by atoms with Gasteiger partial charge in [0, 0.05) is 0 Å². The van der Waals surface area contributed by atoms with Crippen LogP contribution in [0.5, 0.6) is 0 Å². The number of rotatable bonds is 5. The summed E-state index contributed by atoms with van der Waals surface area (Å²) in [6.45, 7) is 0. The molecule has 0 aliphatic heterocycles. The second-order valence-electron chi connectivity index (χ2n) is 3.69. The number of ether oxygens (including phenoxy) is 2. The van der Waals surface area contributed by atoms with Crippen molar-refractivity contribution in [2.75, 3.05) is 17.7 Å². The fourth-order valence-electron chi connectivity index (χ4n) is 1.28. The van der Waals surface area contributed by atoms with Crippen LogP contribution in [0.3, 0.4) is 0 Å². The number of hydrogen-bond acceptors (Lipinski definition) is 10. The van der Waals surface area contributed by atoms with Gasteiger partial charge in [0.05, 0.1) is 0 Å². The van der Waals surface area contributed by atoms with Crippen LogP contribution in [0.4, 0.5) is 21.2 Å². The van der Waals surface area contributed by atoms with Crippen LogP contribution in [0.25, 0.3) is 0 Å². The van der Waals surface area contributed by atoms with Gasteiger partial charge in [0.25, 0.3) is 5.91 Å². The van der Waals surface area contributed by atoms with E-state index >= 15 is 0 Å². The minimum Gasteiger partial charge on any atom is -0.382 e. The maximum Gasteiger partial charge on any atom is 0.409 e. The van der Waals surface area contributed by atoms with Crippen LogP contribution in [-0.2, 0) is 9.47 Å². The molecule has 1 rings (SSSR count). The first kappa shape index (κ1) is 18.4. The monoisotopic (exact) mass is 365 g/mol. The standard InChI is InChI=1S/C9H12ClN7O5S/c1-23-9(21-7(13)19,22-8(14)20)17-6(18)2-4(11)16-5(12)3(10)15-2/h1H3,(H2,13,19)(H2,14,20)(H,17,18)(H4,11,12,16). The molecule has 23 heavy (non-hydrogen) atoms. The minimum absolute atomic E-state index is 0.196. The van der Waals surface area contributed by atoms with Gasteiger partial charge >= 0.3 is 17.4 Å². The number of carbonyl (C=O) groups is 3. The highest BCUT2D eigenvalue weighted by atomic mass is 35.5. The summed E-state index contributed by atoms with van der Waals surface area (Å²) in [6.07, 6.45) is -1.37. The summed E-state index contributed by atoms with van der Waals surface area (Å²) < 4.78 is 9.17. The second kappa shape index (κ2) is 7.06. The lowest BCUT2D eigenvalue weighted by atomic mass is 10.4. The topological polar surface area (TPSA) is 212 Å². The fourth-order valence-corrected chi connectivity index (χ4v) is 1.93. The number of nitrogens with zero attached hydrogens (tertiary/aromatic N) is 2. The summed E-state index contributed by atoms with van der Waals surface area (Å²) in [6, 6.07) is 0. The lowest BCUT2D eigenvalue weighted by molar-refractivity contribution is -0.0996. The van der Waals surface area contributed by atoms with Crippen molar-refractivity contribution in [3.8, 4) is 0 Å². The number of nitrogen functional groups attached to an aromatic ring is 2. The molecular formula is C9H12ClN7O5S. The zero-order valence-electron chi connectivity index (χ0n) is 11.5. The van der Waals surface area contributed by atoms with Crippen molar-refractivity contribution in [3.05, 3.63) is 10.8 Å². The molecule has 3 amide bonds. The number of carbonyl (C=O) groups excluding carboxylic acids is 3. The van der Waals surface area contributed by atoms with Gasteiger partial charge in [0.15, 0.2) is 22.5 Å². The van der Waals surface area contributed by atoms with Crippen molar-refractivity contribution in [3.63, 3.8) is 0 Å². The molecule has 12 nitrogen and oxygen atoms in total. The smallest absolute Gasteiger partial charge is 0.382 e. The third kappa shape index (κ3) is 4.65. The molecule has 0 fully saturated rings. The Kier molecular flexibility index (Phi) is 5.64. The van der Waals surface area contributed by atoms with E-state index in [1.807, 2.05) is 5.32 Å². The van der Waals surface area contributed by atoms with Crippen molar-refractivity contribution < 1.29 is 23.9 Å². The summed E-state index contributed by atoms with van der Waals surface area (Å²) >= 11 is 6.24. The minimum atomic E-state index is -2.34. The Morgan fingerprint density at radius 2 is 1.65 bits per heavy atom. The fraction of sp³-hybridized carbons (Fsp3) is 0.222. The van der Waals surface area contributed by atoms with E-state index in [-0.39, 0.29) is 16.8 Å². The number of halogens is 1. The quantitative estimate of drug-likeness (QED) is 0.409. The molecule has 0 spiro atoms. The van der Waals surface area contributed by atoms with E-state index in [1.54, 1.807) is 0 Å². The molecule has 1 aromatic rings. The summed E-state index contributed by atoms with van der Waals surface area (Å²) in [4.78, 5) is 41.3. The van der Waals surface area contributed by atoms with Crippen LogP contribution in [0.2, 0.25) is 5.15 Å². The SMILES string of the molecule is CSC(NC(=O)c1nc(Cl)c(N)nc1N)(OC(N)=O)OC(N)=O. The summed E-state index contributed by atoms with van der Waals surface area (Å²) in [5.74, 6) is -1.61. The van der Waals surface area contributed by atoms with E-state index in [1.165, 1.54) is 6.26 Å². The normalized spacial score (nSPS) is 10.7. The van der Waals surface area contributed by atoms with Crippen LogP contribution in [-0.4, -0.2) is 39.6 Å². The molecule has 0 aliphatic carbocycles. The van der Waals surface area contributed by atoms with Gasteiger partial charge in [0.2, 0.25) is 0 Å². The van der Waals surface area contributed by atoms with Crippen molar-refractivity contribution in [1.29, 1.82) is 0 Å². The van der Waals surface area contributed by atoms with Gasteiger partial charge in [-0.05, 0) is 18.0 Å². The molecule has 0 saturated carbocycles. The van der Waals surface area contributed by atoms with E-state index in [9.17, 15) is 14.4 Å². The zero-order valence-corrected chi connectivity index (χ0v) is 13.1. The molecule has 14 heteroatoms. The molecule has 0 aliphatic rings. The third-order valence-corrected chi connectivity index (χ3v) is 3.21. The summed E-state index contributed by atoms with van der Waals surface area (Å²) in [5, 5.41) is -0.580. The predicted octanol–water partition coefficient (Wildman–Crippen LogP) is -0.811. The Morgan fingerprint density at radius 3 is 2.09 bits per heavy atom. The molecule has 0 bridgehead atoms. The van der Waals surface area contributed by atoms with E-state index < -0.39 is 29.0 Å². The molecule has 0 radical (unpaired) electrons. The number of nitrogens with one attached hydrogen (secondary N) is 1. The van der Waals surface area contributed by atoms with Crippen molar-refractivity contribution >= 4 is 53.1 Å². The van der Waals surface area contributed by atoms with Gasteiger partial charge in [-0.15, -0.1) is 0 Å². The average molecular weight is 366 g/mol. The van der Waals surface area contributed by atoms with Gasteiger partial charge in [0.1, 0.15) is 0 Å². The van der Waals surface area contributed by atoms with Crippen LogP contribution in [0.1, 0.15) is 10.5 Å². The largest absolute Gasteiger partial charge is 0.409 e. The van der Waals surface area contributed by atoms with E-state index in [2.05, 4.69) is 19.4 Å². The van der Waals surface area contributed by atoms with Gasteiger partial charge in [-0.25, -0.2) is 19.6 Å². The molecule has 1 heterocycles. The van der Waals surface area contributed by atoms with Crippen LogP contribution < -0.4 is 28.3 Å². The molecular weight excluding hydrogens is 354 g/mol. The van der Waals surface area contributed by atoms with E-state index in [4.69, 9.17) is 34.5 Å². The third-order valence-electron chi connectivity index (χ3n) is 2.13. The second-order valence-corrected chi connectivity index (χ2v) is 4.99.